The van der Waals surface area contributed by atoms with Crippen LogP contribution in [0.1, 0.15) is 103 Å². The van der Waals surface area contributed by atoms with Crippen LogP contribution in [-0.2, 0) is 29.2 Å². The lowest BCUT2D eigenvalue weighted by Crippen LogP contribution is -2.47. The summed E-state index contributed by atoms with van der Waals surface area (Å²) in [7, 11) is -3.62. The van der Waals surface area contributed by atoms with E-state index in [1.165, 1.54) is 0 Å². The normalized spacial score (nSPS) is 14.9. The zero-order valence-corrected chi connectivity index (χ0v) is 34.9. The summed E-state index contributed by atoms with van der Waals surface area (Å²) in [5, 5.41) is 10.00. The van der Waals surface area contributed by atoms with Gasteiger partial charge in [0, 0.05) is 68.7 Å². The molecule has 324 valence electrons. The standard InChI is InChI=1S/C40H67N11O6S/c41-21-8-7-15-34(39(55)46-22-9-4-6-19-36(52)48-33(38(42)54)16-12-23-47-40(43)44)49-37(53)18-5-2-1-3-10-25-50-26-13-27-51(29-28-50)58(56,57)35-17-11-14-31-30-45-24-20-32(31)35/h11,14,17,20,24,30,33-34H,1-10,12-13,15-16,18-19,21-23,25-29,41H2,(H2,42,54)(H,46,55)(H,48,52)(H,49,53)(H4,43,44,47)/t33-,34-/m1/s1. The minimum absolute atomic E-state index is 0.0391. The molecule has 0 aliphatic carbocycles. The largest absolute Gasteiger partial charge is 0.370 e. The molecule has 1 aliphatic heterocycles. The Balaban J connectivity index is 1.28. The summed E-state index contributed by atoms with van der Waals surface area (Å²) in [6, 6.07) is 5.65. The predicted molar refractivity (Wildman–Crippen MR) is 227 cm³/mol. The number of fused-ring (bicyclic) bond motifs is 1. The number of guanidine groups is 1. The molecule has 2 heterocycles. The molecule has 1 fully saturated rings. The third-order valence-electron chi connectivity index (χ3n) is 10.3. The highest BCUT2D eigenvalue weighted by Crippen LogP contribution is 2.26. The average Bonchev–Trinajstić information content (AvgIpc) is 3.45. The Bertz CT molecular complexity index is 1720. The first-order valence-electron chi connectivity index (χ1n) is 20.9. The Kier molecular flexibility index (Phi) is 22.0. The van der Waals surface area contributed by atoms with Gasteiger partial charge in [-0.15, -0.1) is 0 Å². The van der Waals surface area contributed by atoms with E-state index < -0.39 is 28.0 Å². The number of carbonyl (C=O) groups excluding carboxylic acids is 4. The number of benzene rings is 1. The average molecular weight is 830 g/mol. The van der Waals surface area contributed by atoms with Crippen LogP contribution in [0.25, 0.3) is 10.8 Å². The van der Waals surface area contributed by atoms with Gasteiger partial charge in [0.25, 0.3) is 0 Å². The molecule has 18 heteroatoms. The molecule has 0 saturated carbocycles. The molecular weight excluding hydrogens is 763 g/mol. The first-order chi connectivity index (χ1) is 27.9. The summed E-state index contributed by atoms with van der Waals surface area (Å²) >= 11 is 0. The number of primary amides is 1. The van der Waals surface area contributed by atoms with Crippen molar-refractivity contribution in [2.45, 2.75) is 120 Å². The maximum atomic E-state index is 13.6. The van der Waals surface area contributed by atoms with E-state index in [-0.39, 0.29) is 30.1 Å². The van der Waals surface area contributed by atoms with Gasteiger partial charge >= 0.3 is 0 Å². The second-order valence-corrected chi connectivity index (χ2v) is 16.9. The number of sulfonamides is 1. The van der Waals surface area contributed by atoms with Gasteiger partial charge in [0.05, 0.1) is 4.90 Å². The fourth-order valence-electron chi connectivity index (χ4n) is 7.03. The molecule has 17 nitrogen and oxygen atoms in total. The summed E-state index contributed by atoms with van der Waals surface area (Å²) < 4.78 is 28.8. The topological polar surface area (TPSA) is 274 Å². The van der Waals surface area contributed by atoms with E-state index >= 15 is 0 Å². The third kappa shape index (κ3) is 17.6. The number of rotatable bonds is 28. The van der Waals surface area contributed by atoms with Crippen molar-refractivity contribution in [3.63, 3.8) is 0 Å². The zero-order chi connectivity index (χ0) is 42.2. The minimum atomic E-state index is -3.62. The molecule has 11 N–H and O–H groups in total. The molecule has 0 spiro atoms. The van der Waals surface area contributed by atoms with Gasteiger partial charge in [-0.3, -0.25) is 29.2 Å². The number of carbonyl (C=O) groups is 4. The Morgan fingerprint density at radius 3 is 2.19 bits per heavy atom. The number of nitrogens with one attached hydrogen (secondary N) is 3. The lowest BCUT2D eigenvalue weighted by atomic mass is 10.1. The van der Waals surface area contributed by atoms with E-state index in [0.717, 1.165) is 69.8 Å². The van der Waals surface area contributed by atoms with Gasteiger partial charge < -0.3 is 43.8 Å². The van der Waals surface area contributed by atoms with Crippen LogP contribution >= 0.6 is 0 Å². The molecule has 0 bridgehead atoms. The molecular formula is C40H67N11O6S. The van der Waals surface area contributed by atoms with Gasteiger partial charge in [-0.1, -0.05) is 37.8 Å². The molecule has 2 aromatic rings. The quantitative estimate of drug-likeness (QED) is 0.0368. The number of pyridine rings is 1. The van der Waals surface area contributed by atoms with Gasteiger partial charge in [0.2, 0.25) is 33.7 Å². The van der Waals surface area contributed by atoms with E-state index in [4.69, 9.17) is 22.9 Å². The van der Waals surface area contributed by atoms with Crippen molar-refractivity contribution >= 4 is 50.4 Å². The van der Waals surface area contributed by atoms with E-state index in [0.29, 0.717) is 94.5 Å². The molecule has 4 amide bonds. The molecule has 1 aromatic carbocycles. The van der Waals surface area contributed by atoms with Crippen LogP contribution in [0.5, 0.6) is 0 Å². The number of unbranched alkanes of at least 4 members (excludes halogenated alkanes) is 7. The van der Waals surface area contributed by atoms with Crippen LogP contribution in [0.15, 0.2) is 46.5 Å². The molecule has 1 aromatic heterocycles. The summed E-state index contributed by atoms with van der Waals surface area (Å²) in [6.07, 6.45) is 14.0. The number of aliphatic imine (C=N–C) groups is 1. The second-order valence-electron chi connectivity index (χ2n) is 14.9. The van der Waals surface area contributed by atoms with Gasteiger partial charge in [0.15, 0.2) is 5.96 Å². The van der Waals surface area contributed by atoms with Crippen LogP contribution in [0, 0.1) is 0 Å². The third-order valence-corrected chi connectivity index (χ3v) is 12.2. The Morgan fingerprint density at radius 2 is 1.47 bits per heavy atom. The fourth-order valence-corrected chi connectivity index (χ4v) is 8.71. The van der Waals surface area contributed by atoms with Crippen molar-refractivity contribution in [1.82, 2.24) is 30.1 Å². The van der Waals surface area contributed by atoms with Crippen molar-refractivity contribution in [2.75, 3.05) is 52.4 Å². The lowest BCUT2D eigenvalue weighted by molar-refractivity contribution is -0.129. The van der Waals surface area contributed by atoms with Crippen molar-refractivity contribution in [1.29, 1.82) is 0 Å². The highest BCUT2D eigenvalue weighted by atomic mass is 32.2. The predicted octanol–water partition coefficient (Wildman–Crippen LogP) is 1.59. The summed E-state index contributed by atoms with van der Waals surface area (Å²) in [5.74, 6) is -1.30. The number of amides is 4. The van der Waals surface area contributed by atoms with E-state index in [9.17, 15) is 27.6 Å². The zero-order valence-electron chi connectivity index (χ0n) is 34.0. The van der Waals surface area contributed by atoms with Gasteiger partial charge in [-0.05, 0) is 96.0 Å². The number of nitrogens with two attached hydrogens (primary N) is 4. The second kappa shape index (κ2) is 26.6. The number of hydrogen-bond acceptors (Lipinski definition) is 10. The summed E-state index contributed by atoms with van der Waals surface area (Å²) in [5.41, 5.74) is 21.7. The van der Waals surface area contributed by atoms with E-state index in [2.05, 4.69) is 30.8 Å². The highest BCUT2D eigenvalue weighted by Gasteiger charge is 2.28. The smallest absolute Gasteiger partial charge is 0.243 e. The molecule has 58 heavy (non-hydrogen) atoms. The number of aromatic nitrogens is 1. The highest BCUT2D eigenvalue weighted by molar-refractivity contribution is 7.89. The first-order valence-corrected chi connectivity index (χ1v) is 22.3. The maximum absolute atomic E-state index is 13.6. The van der Waals surface area contributed by atoms with E-state index in [1.807, 2.05) is 6.07 Å². The maximum Gasteiger partial charge on any atom is 0.243 e. The van der Waals surface area contributed by atoms with Crippen molar-refractivity contribution in [3.05, 3.63) is 36.7 Å². The molecule has 0 unspecified atom stereocenters. The van der Waals surface area contributed by atoms with Gasteiger partial charge in [-0.25, -0.2) is 8.42 Å². The Labute approximate surface area is 343 Å². The van der Waals surface area contributed by atoms with Crippen LogP contribution < -0.4 is 38.9 Å². The summed E-state index contributed by atoms with van der Waals surface area (Å²) in [6.45, 7) is 4.66. The number of nitrogens with zero attached hydrogens (tertiary/aromatic N) is 4. The molecule has 1 saturated heterocycles. The van der Waals surface area contributed by atoms with E-state index in [1.54, 1.807) is 34.9 Å². The fraction of sp³-hybridized carbons (Fsp3) is 0.650. The van der Waals surface area contributed by atoms with Crippen LogP contribution in [0.2, 0.25) is 0 Å². The van der Waals surface area contributed by atoms with Crippen molar-refractivity contribution < 1.29 is 27.6 Å². The lowest BCUT2D eigenvalue weighted by Gasteiger charge is -2.22. The molecule has 3 rings (SSSR count). The SMILES string of the molecule is NCCCC[C@@H](NC(=O)CCCCCCCN1CCCN(S(=O)(=O)c2cccc3cnccc23)CC1)C(=O)NCCCCCC(=O)N[C@H](CCCN=C(N)N)C(N)=O. The minimum Gasteiger partial charge on any atom is -0.370 e. The first kappa shape index (κ1) is 48.0. The van der Waals surface area contributed by atoms with Crippen molar-refractivity contribution in [2.24, 2.45) is 27.9 Å². The Hall–Kier alpha value is -4.39. The molecule has 0 radical (unpaired) electrons. The Morgan fingerprint density at radius 1 is 0.776 bits per heavy atom. The number of hydrogen-bond donors (Lipinski definition) is 7. The molecule has 2 atom stereocenters. The van der Waals surface area contributed by atoms with Crippen LogP contribution in [0.4, 0.5) is 0 Å². The monoisotopic (exact) mass is 829 g/mol. The van der Waals surface area contributed by atoms with Gasteiger partial charge in [0.1, 0.15) is 12.1 Å². The van der Waals surface area contributed by atoms with Crippen LogP contribution in [0.3, 0.4) is 0 Å². The van der Waals surface area contributed by atoms with Gasteiger partial charge in [-0.2, -0.15) is 4.31 Å². The van der Waals surface area contributed by atoms with Crippen molar-refractivity contribution in [3.8, 4) is 0 Å². The van der Waals surface area contributed by atoms with Crippen LogP contribution in [-0.4, -0.2) is 117 Å². The summed E-state index contributed by atoms with van der Waals surface area (Å²) in [4.78, 5) is 60.5. The molecule has 1 aliphatic rings.